The van der Waals surface area contributed by atoms with Crippen LogP contribution in [0.15, 0.2) is 18.2 Å². The largest absolute Gasteiger partial charge is 0.481 e. The number of aromatic nitrogens is 1. The molecule has 2 rings (SSSR count). The van der Waals surface area contributed by atoms with Crippen molar-refractivity contribution in [3.8, 4) is 5.88 Å². The van der Waals surface area contributed by atoms with E-state index in [-0.39, 0.29) is 0 Å². The van der Waals surface area contributed by atoms with Crippen LogP contribution >= 0.6 is 0 Å². The molecule has 1 aliphatic heterocycles. The number of hydrogen-bond acceptors (Lipinski definition) is 4. The number of piperidine rings is 1. The molecule has 1 aliphatic rings. The lowest BCUT2D eigenvalue weighted by molar-refractivity contribution is 0.394. The van der Waals surface area contributed by atoms with E-state index in [9.17, 15) is 0 Å². The Balaban J connectivity index is 1.95. The van der Waals surface area contributed by atoms with Gasteiger partial charge in [-0.3, -0.25) is 0 Å². The van der Waals surface area contributed by atoms with Crippen LogP contribution in [0.4, 0.5) is 5.82 Å². The number of hydrogen-bond donors (Lipinski definition) is 1. The molecule has 1 aromatic heterocycles. The predicted octanol–water partition coefficient (Wildman–Crippen LogP) is 1.67. The first-order valence-electron chi connectivity index (χ1n) is 6.33. The summed E-state index contributed by atoms with van der Waals surface area (Å²) in [6.07, 6.45) is 2.37. The highest BCUT2D eigenvalue weighted by atomic mass is 16.5. The minimum absolute atomic E-state index is 0.668. The zero-order valence-electron chi connectivity index (χ0n) is 10.6. The molecule has 1 saturated heterocycles. The summed E-state index contributed by atoms with van der Waals surface area (Å²) in [6, 6.07) is 6.60. The predicted molar refractivity (Wildman–Crippen MR) is 69.7 cm³/mol. The lowest BCUT2D eigenvalue weighted by Crippen LogP contribution is -2.42. The second kappa shape index (κ2) is 5.87. The van der Waals surface area contributed by atoms with Gasteiger partial charge in [-0.25, -0.2) is 0 Å². The van der Waals surface area contributed by atoms with Gasteiger partial charge in [0.2, 0.25) is 5.88 Å². The first kappa shape index (κ1) is 12.2. The highest BCUT2D eigenvalue weighted by Gasteiger charge is 2.19. The summed E-state index contributed by atoms with van der Waals surface area (Å²) < 4.78 is 5.16. The van der Waals surface area contributed by atoms with Gasteiger partial charge in [-0.1, -0.05) is 13.0 Å². The average molecular weight is 235 g/mol. The van der Waals surface area contributed by atoms with Crippen LogP contribution in [0, 0.1) is 0 Å². The average Bonchev–Trinajstić information content (AvgIpc) is 2.40. The standard InChI is InChI=1S/C13H21N3O/c1-3-14-11-7-9-16(10-8-11)12-5-4-6-13(15-12)17-2/h4-6,11,14H,3,7-10H2,1-2H3. The van der Waals surface area contributed by atoms with Crippen LogP contribution in [0.3, 0.4) is 0 Å². The fourth-order valence-electron chi connectivity index (χ4n) is 2.30. The van der Waals surface area contributed by atoms with E-state index >= 15 is 0 Å². The van der Waals surface area contributed by atoms with Crippen molar-refractivity contribution in [3.05, 3.63) is 18.2 Å². The van der Waals surface area contributed by atoms with Crippen molar-refractivity contribution in [2.45, 2.75) is 25.8 Å². The Morgan fingerprint density at radius 3 is 2.82 bits per heavy atom. The van der Waals surface area contributed by atoms with Crippen molar-refractivity contribution in [1.29, 1.82) is 0 Å². The summed E-state index contributed by atoms with van der Waals surface area (Å²) >= 11 is 0. The normalized spacial score (nSPS) is 17.2. The zero-order chi connectivity index (χ0) is 12.1. The van der Waals surface area contributed by atoms with Crippen LogP contribution in [0.25, 0.3) is 0 Å². The summed E-state index contributed by atoms with van der Waals surface area (Å²) in [5.41, 5.74) is 0. The number of methoxy groups -OCH3 is 1. The third-order valence-corrected chi connectivity index (χ3v) is 3.23. The Bertz CT molecular complexity index is 348. The molecule has 4 nitrogen and oxygen atoms in total. The molecule has 0 atom stereocenters. The van der Waals surface area contributed by atoms with Crippen LogP contribution in [-0.4, -0.2) is 37.8 Å². The third kappa shape index (κ3) is 3.09. The van der Waals surface area contributed by atoms with Gasteiger partial charge in [0.1, 0.15) is 5.82 Å². The molecule has 0 aliphatic carbocycles. The third-order valence-electron chi connectivity index (χ3n) is 3.23. The van der Waals surface area contributed by atoms with Gasteiger partial charge in [0, 0.05) is 25.2 Å². The summed E-state index contributed by atoms with van der Waals surface area (Å²) in [4.78, 5) is 6.80. The molecule has 1 fully saturated rings. The molecule has 0 bridgehead atoms. The van der Waals surface area contributed by atoms with Crippen molar-refractivity contribution in [3.63, 3.8) is 0 Å². The smallest absolute Gasteiger partial charge is 0.214 e. The highest BCUT2D eigenvalue weighted by molar-refractivity contribution is 5.41. The summed E-state index contributed by atoms with van der Waals surface area (Å²) in [6.45, 7) is 5.35. The summed E-state index contributed by atoms with van der Waals surface area (Å²) in [5.74, 6) is 1.72. The van der Waals surface area contributed by atoms with E-state index < -0.39 is 0 Å². The van der Waals surface area contributed by atoms with Gasteiger partial charge in [0.05, 0.1) is 7.11 Å². The highest BCUT2D eigenvalue weighted by Crippen LogP contribution is 2.20. The van der Waals surface area contributed by atoms with E-state index in [0.29, 0.717) is 11.9 Å². The molecule has 2 heterocycles. The summed E-state index contributed by atoms with van der Waals surface area (Å²) in [5, 5.41) is 3.51. The maximum atomic E-state index is 5.16. The molecule has 0 aromatic carbocycles. The Labute approximate surface area is 103 Å². The Morgan fingerprint density at radius 2 is 2.18 bits per heavy atom. The number of rotatable bonds is 4. The second-order valence-electron chi connectivity index (χ2n) is 4.36. The molecule has 17 heavy (non-hydrogen) atoms. The van der Waals surface area contributed by atoms with E-state index in [1.165, 1.54) is 12.8 Å². The van der Waals surface area contributed by atoms with Crippen molar-refractivity contribution >= 4 is 5.82 Å². The van der Waals surface area contributed by atoms with Crippen molar-refractivity contribution in [2.75, 3.05) is 31.6 Å². The molecule has 0 amide bonds. The number of anilines is 1. The van der Waals surface area contributed by atoms with Crippen LogP contribution in [0.5, 0.6) is 5.88 Å². The zero-order valence-corrected chi connectivity index (χ0v) is 10.6. The molecule has 0 spiro atoms. The topological polar surface area (TPSA) is 37.4 Å². The first-order chi connectivity index (χ1) is 8.33. The second-order valence-corrected chi connectivity index (χ2v) is 4.36. The summed E-state index contributed by atoms with van der Waals surface area (Å²) in [7, 11) is 1.66. The number of pyridine rings is 1. The Morgan fingerprint density at radius 1 is 1.41 bits per heavy atom. The fraction of sp³-hybridized carbons (Fsp3) is 0.615. The first-order valence-corrected chi connectivity index (χ1v) is 6.33. The monoisotopic (exact) mass is 235 g/mol. The molecule has 0 unspecified atom stereocenters. The minimum atomic E-state index is 0.668. The van der Waals surface area contributed by atoms with E-state index in [1.54, 1.807) is 7.11 Å². The molecular weight excluding hydrogens is 214 g/mol. The van der Waals surface area contributed by atoms with E-state index in [0.717, 1.165) is 25.5 Å². The van der Waals surface area contributed by atoms with E-state index in [4.69, 9.17) is 4.74 Å². The Kier molecular flexibility index (Phi) is 4.20. The quantitative estimate of drug-likeness (QED) is 0.861. The molecular formula is C13H21N3O. The molecule has 0 radical (unpaired) electrons. The molecule has 1 aromatic rings. The number of nitrogens with one attached hydrogen (secondary N) is 1. The minimum Gasteiger partial charge on any atom is -0.481 e. The Hall–Kier alpha value is -1.29. The molecule has 0 saturated carbocycles. The molecule has 1 N–H and O–H groups in total. The number of nitrogens with zero attached hydrogens (tertiary/aromatic N) is 2. The molecule has 94 valence electrons. The van der Waals surface area contributed by atoms with Crippen LogP contribution in [-0.2, 0) is 0 Å². The van der Waals surface area contributed by atoms with Gasteiger partial charge < -0.3 is 15.0 Å². The van der Waals surface area contributed by atoms with Gasteiger partial charge in [-0.05, 0) is 25.5 Å². The molecule has 4 heteroatoms. The SMILES string of the molecule is CCNC1CCN(c2cccc(OC)n2)CC1. The van der Waals surface area contributed by atoms with Gasteiger partial charge in [-0.2, -0.15) is 4.98 Å². The van der Waals surface area contributed by atoms with Gasteiger partial charge in [0.25, 0.3) is 0 Å². The van der Waals surface area contributed by atoms with Gasteiger partial charge >= 0.3 is 0 Å². The maximum Gasteiger partial charge on any atom is 0.214 e. The fourth-order valence-corrected chi connectivity index (χ4v) is 2.30. The van der Waals surface area contributed by atoms with Crippen LogP contribution < -0.4 is 15.0 Å². The van der Waals surface area contributed by atoms with E-state index in [2.05, 4.69) is 28.2 Å². The van der Waals surface area contributed by atoms with Gasteiger partial charge in [-0.15, -0.1) is 0 Å². The lowest BCUT2D eigenvalue weighted by Gasteiger charge is -2.33. The van der Waals surface area contributed by atoms with Crippen molar-refractivity contribution in [2.24, 2.45) is 0 Å². The van der Waals surface area contributed by atoms with E-state index in [1.807, 2.05) is 12.1 Å². The van der Waals surface area contributed by atoms with Crippen molar-refractivity contribution < 1.29 is 4.74 Å². The van der Waals surface area contributed by atoms with Crippen LogP contribution in [0.1, 0.15) is 19.8 Å². The lowest BCUT2D eigenvalue weighted by atomic mass is 10.1. The van der Waals surface area contributed by atoms with Gasteiger partial charge in [0.15, 0.2) is 0 Å². The maximum absolute atomic E-state index is 5.16. The van der Waals surface area contributed by atoms with Crippen LogP contribution in [0.2, 0.25) is 0 Å². The van der Waals surface area contributed by atoms with Crippen molar-refractivity contribution in [1.82, 2.24) is 10.3 Å². The number of ether oxygens (including phenoxy) is 1.